The highest BCUT2D eigenvalue weighted by atomic mass is 15.3. The van der Waals surface area contributed by atoms with Crippen LogP contribution >= 0.6 is 0 Å². The molecule has 0 unspecified atom stereocenters. The van der Waals surface area contributed by atoms with E-state index in [4.69, 9.17) is 5.26 Å². The minimum atomic E-state index is 0.385. The monoisotopic (exact) mass is 186 g/mol. The standard InChI is InChI=1S/C10H10N4/c1-7(2)9-3-8(4-11)10-12-6-13-14(10)5-9/h3,5-7H,1-2H3. The number of nitriles is 1. The summed E-state index contributed by atoms with van der Waals surface area (Å²) in [5, 5.41) is 13.0. The van der Waals surface area contributed by atoms with Crippen LogP contribution < -0.4 is 0 Å². The van der Waals surface area contributed by atoms with Crippen molar-refractivity contribution in [1.82, 2.24) is 14.6 Å². The molecule has 0 aliphatic rings. The van der Waals surface area contributed by atoms with Crippen LogP contribution in [0.25, 0.3) is 5.65 Å². The van der Waals surface area contributed by atoms with Crippen molar-refractivity contribution in [2.24, 2.45) is 0 Å². The van der Waals surface area contributed by atoms with Crippen LogP contribution in [-0.4, -0.2) is 14.6 Å². The van der Waals surface area contributed by atoms with Gasteiger partial charge in [0.1, 0.15) is 12.4 Å². The molecule has 2 rings (SSSR count). The van der Waals surface area contributed by atoms with Crippen LogP contribution in [0.5, 0.6) is 0 Å². The summed E-state index contributed by atoms with van der Waals surface area (Å²) in [6.07, 6.45) is 3.37. The molecule has 4 nitrogen and oxygen atoms in total. The molecule has 0 bridgehead atoms. The van der Waals surface area contributed by atoms with Crippen molar-refractivity contribution in [3.05, 3.63) is 29.7 Å². The van der Waals surface area contributed by atoms with E-state index < -0.39 is 0 Å². The molecule has 0 atom stereocenters. The second-order valence-corrected chi connectivity index (χ2v) is 3.48. The molecule has 0 spiro atoms. The molecule has 0 aliphatic heterocycles. The van der Waals surface area contributed by atoms with E-state index in [0.717, 1.165) is 5.56 Å². The van der Waals surface area contributed by atoms with Crippen LogP contribution in [0, 0.1) is 11.3 Å². The van der Waals surface area contributed by atoms with E-state index in [1.54, 1.807) is 4.52 Å². The van der Waals surface area contributed by atoms with E-state index >= 15 is 0 Å². The molecule has 14 heavy (non-hydrogen) atoms. The van der Waals surface area contributed by atoms with Crippen molar-refractivity contribution in [2.45, 2.75) is 19.8 Å². The van der Waals surface area contributed by atoms with Gasteiger partial charge in [-0.25, -0.2) is 9.50 Å². The molecule has 0 aliphatic carbocycles. The van der Waals surface area contributed by atoms with Gasteiger partial charge >= 0.3 is 0 Å². The van der Waals surface area contributed by atoms with Crippen molar-refractivity contribution in [1.29, 1.82) is 5.26 Å². The zero-order valence-corrected chi connectivity index (χ0v) is 8.10. The third-order valence-electron chi connectivity index (χ3n) is 2.18. The van der Waals surface area contributed by atoms with Crippen molar-refractivity contribution < 1.29 is 0 Å². The second-order valence-electron chi connectivity index (χ2n) is 3.48. The molecule has 2 aromatic rings. The van der Waals surface area contributed by atoms with E-state index in [1.165, 1.54) is 6.33 Å². The summed E-state index contributed by atoms with van der Waals surface area (Å²) in [5.74, 6) is 0.385. The van der Waals surface area contributed by atoms with Gasteiger partial charge in [-0.05, 0) is 17.5 Å². The fourth-order valence-electron chi connectivity index (χ4n) is 1.35. The maximum Gasteiger partial charge on any atom is 0.172 e. The fourth-order valence-corrected chi connectivity index (χ4v) is 1.35. The highest BCUT2D eigenvalue weighted by molar-refractivity contribution is 5.55. The Morgan fingerprint density at radius 3 is 2.93 bits per heavy atom. The molecule has 0 N–H and O–H groups in total. The molecule has 0 aromatic carbocycles. The predicted molar refractivity (Wildman–Crippen MR) is 51.8 cm³/mol. The Kier molecular flexibility index (Phi) is 1.93. The lowest BCUT2D eigenvalue weighted by atomic mass is 10.0. The molecule has 4 heteroatoms. The highest BCUT2D eigenvalue weighted by Gasteiger charge is 2.07. The molecular formula is C10H10N4. The summed E-state index contributed by atoms with van der Waals surface area (Å²) in [6.45, 7) is 4.17. The topological polar surface area (TPSA) is 54.0 Å². The zero-order chi connectivity index (χ0) is 10.1. The first kappa shape index (κ1) is 8.70. The minimum Gasteiger partial charge on any atom is -0.220 e. The summed E-state index contributed by atoms with van der Waals surface area (Å²) < 4.78 is 1.65. The molecule has 0 saturated heterocycles. The Morgan fingerprint density at radius 1 is 1.50 bits per heavy atom. The highest BCUT2D eigenvalue weighted by Crippen LogP contribution is 2.17. The Morgan fingerprint density at radius 2 is 2.29 bits per heavy atom. The van der Waals surface area contributed by atoms with E-state index in [2.05, 4.69) is 30.0 Å². The van der Waals surface area contributed by atoms with Gasteiger partial charge in [-0.2, -0.15) is 10.4 Å². The lowest BCUT2D eigenvalue weighted by Crippen LogP contribution is -1.96. The quantitative estimate of drug-likeness (QED) is 0.681. The third kappa shape index (κ3) is 1.23. The normalized spacial score (nSPS) is 10.7. The van der Waals surface area contributed by atoms with Crippen LogP contribution in [0.4, 0.5) is 0 Å². The molecule has 70 valence electrons. The molecule has 2 heterocycles. The summed E-state index contributed by atoms with van der Waals surface area (Å²) in [7, 11) is 0. The van der Waals surface area contributed by atoms with Crippen molar-refractivity contribution in [3.8, 4) is 6.07 Å². The number of hydrogen-bond acceptors (Lipinski definition) is 3. The summed E-state index contributed by atoms with van der Waals surface area (Å²) in [4.78, 5) is 4.02. The molecule has 0 amide bonds. The average molecular weight is 186 g/mol. The van der Waals surface area contributed by atoms with E-state index in [0.29, 0.717) is 17.1 Å². The Labute approximate surface area is 81.8 Å². The van der Waals surface area contributed by atoms with E-state index in [1.807, 2.05) is 12.3 Å². The van der Waals surface area contributed by atoms with E-state index in [-0.39, 0.29) is 0 Å². The third-order valence-corrected chi connectivity index (χ3v) is 2.18. The van der Waals surface area contributed by atoms with Crippen LogP contribution in [0.2, 0.25) is 0 Å². The lowest BCUT2D eigenvalue weighted by molar-refractivity contribution is 0.834. The first-order chi connectivity index (χ1) is 6.72. The molecule has 0 fully saturated rings. The van der Waals surface area contributed by atoms with Crippen LogP contribution in [0.15, 0.2) is 18.6 Å². The summed E-state index contributed by atoms with van der Waals surface area (Å²) in [5.41, 5.74) is 2.30. The van der Waals surface area contributed by atoms with Crippen molar-refractivity contribution in [2.75, 3.05) is 0 Å². The molecular weight excluding hydrogens is 176 g/mol. The molecule has 0 radical (unpaired) electrons. The van der Waals surface area contributed by atoms with Gasteiger partial charge in [0.05, 0.1) is 5.56 Å². The van der Waals surface area contributed by atoms with Crippen molar-refractivity contribution >= 4 is 5.65 Å². The Balaban J connectivity index is 2.75. The number of fused-ring (bicyclic) bond motifs is 1. The number of aromatic nitrogens is 3. The van der Waals surface area contributed by atoms with Gasteiger partial charge in [-0.15, -0.1) is 0 Å². The van der Waals surface area contributed by atoms with Crippen LogP contribution in [0.1, 0.15) is 30.9 Å². The smallest absolute Gasteiger partial charge is 0.172 e. The second kappa shape index (κ2) is 3.11. The van der Waals surface area contributed by atoms with Crippen LogP contribution in [0.3, 0.4) is 0 Å². The van der Waals surface area contributed by atoms with Gasteiger partial charge in [-0.1, -0.05) is 13.8 Å². The fraction of sp³-hybridized carbons (Fsp3) is 0.300. The van der Waals surface area contributed by atoms with E-state index in [9.17, 15) is 0 Å². The van der Waals surface area contributed by atoms with Crippen LogP contribution in [-0.2, 0) is 0 Å². The summed E-state index contributed by atoms with van der Waals surface area (Å²) >= 11 is 0. The first-order valence-electron chi connectivity index (χ1n) is 4.45. The van der Waals surface area contributed by atoms with Crippen molar-refractivity contribution in [3.63, 3.8) is 0 Å². The average Bonchev–Trinajstić information content (AvgIpc) is 2.63. The SMILES string of the molecule is CC(C)c1cc(C#N)c2ncnn2c1. The summed E-state index contributed by atoms with van der Waals surface area (Å²) in [6, 6.07) is 4.00. The van der Waals surface area contributed by atoms with Gasteiger partial charge in [0.2, 0.25) is 0 Å². The van der Waals surface area contributed by atoms with Gasteiger partial charge < -0.3 is 0 Å². The van der Waals surface area contributed by atoms with Gasteiger partial charge in [0, 0.05) is 6.20 Å². The first-order valence-corrected chi connectivity index (χ1v) is 4.45. The zero-order valence-electron chi connectivity index (χ0n) is 8.10. The minimum absolute atomic E-state index is 0.385. The Hall–Kier alpha value is -1.89. The maximum atomic E-state index is 8.93. The number of hydrogen-bond donors (Lipinski definition) is 0. The number of pyridine rings is 1. The van der Waals surface area contributed by atoms with Gasteiger partial charge in [0.25, 0.3) is 0 Å². The largest absolute Gasteiger partial charge is 0.220 e. The number of nitrogens with zero attached hydrogens (tertiary/aromatic N) is 4. The maximum absolute atomic E-state index is 8.93. The number of rotatable bonds is 1. The van der Waals surface area contributed by atoms with Gasteiger partial charge in [-0.3, -0.25) is 0 Å². The lowest BCUT2D eigenvalue weighted by Gasteiger charge is -2.05. The van der Waals surface area contributed by atoms with Gasteiger partial charge in [0.15, 0.2) is 5.65 Å². The Bertz CT molecular complexity index is 504. The molecule has 0 saturated carbocycles. The predicted octanol–water partition coefficient (Wildman–Crippen LogP) is 1.72. The molecule has 2 aromatic heterocycles.